The fourth-order valence-electron chi connectivity index (χ4n) is 0.426. The smallest absolute Gasteiger partial charge is 0.0417 e. The average molecular weight is 177 g/mol. The summed E-state index contributed by atoms with van der Waals surface area (Å²) in [6.07, 6.45) is 7.25. The molecule has 0 spiro atoms. The van der Waals surface area contributed by atoms with Crippen molar-refractivity contribution in [2.75, 3.05) is 0 Å². The Morgan fingerprint density at radius 1 is 1.30 bits per heavy atom. The number of halogens is 2. The Hall–Kier alpha value is -0.200. The fourth-order valence-corrected chi connectivity index (χ4v) is 0.836. The van der Waals surface area contributed by atoms with Crippen LogP contribution in [0.1, 0.15) is 13.8 Å². The Morgan fingerprint density at radius 3 is 2.30 bits per heavy atom. The third-order valence-electron chi connectivity index (χ3n) is 0.785. The first kappa shape index (κ1) is 9.80. The highest BCUT2D eigenvalue weighted by Crippen LogP contribution is 2.09. The number of allylic oxidation sites excluding steroid dienone is 6. The van der Waals surface area contributed by atoms with E-state index in [9.17, 15) is 0 Å². The van der Waals surface area contributed by atoms with Crippen LogP contribution >= 0.6 is 23.2 Å². The van der Waals surface area contributed by atoms with E-state index >= 15 is 0 Å². The normalized spacial score (nSPS) is 14.8. The van der Waals surface area contributed by atoms with Gasteiger partial charge in [-0.2, -0.15) is 0 Å². The summed E-state index contributed by atoms with van der Waals surface area (Å²) in [4.78, 5) is 0. The molecule has 0 radical (unpaired) electrons. The lowest BCUT2D eigenvalue weighted by Gasteiger charge is -1.85. The third kappa shape index (κ3) is 5.93. The van der Waals surface area contributed by atoms with Crippen molar-refractivity contribution in [2.45, 2.75) is 13.8 Å². The largest absolute Gasteiger partial charge is 0.0894 e. The van der Waals surface area contributed by atoms with Crippen LogP contribution in [0.5, 0.6) is 0 Å². The predicted molar refractivity (Wildman–Crippen MR) is 48.4 cm³/mol. The molecule has 0 aliphatic heterocycles. The van der Waals surface area contributed by atoms with Crippen LogP contribution in [0.25, 0.3) is 0 Å². The Labute approximate surface area is 71.8 Å². The van der Waals surface area contributed by atoms with Gasteiger partial charge < -0.3 is 0 Å². The van der Waals surface area contributed by atoms with Crippen LogP contribution < -0.4 is 0 Å². The molecule has 0 nitrogen and oxygen atoms in total. The summed E-state index contributed by atoms with van der Waals surface area (Å²) >= 11 is 11.3. The fraction of sp³-hybridized carbons (Fsp3) is 0.250. The van der Waals surface area contributed by atoms with Crippen molar-refractivity contribution in [3.63, 3.8) is 0 Å². The van der Waals surface area contributed by atoms with Gasteiger partial charge in [-0.1, -0.05) is 35.4 Å². The van der Waals surface area contributed by atoms with Crippen LogP contribution in [0.15, 0.2) is 34.4 Å². The summed E-state index contributed by atoms with van der Waals surface area (Å²) in [6.45, 7) is 3.71. The molecular weight excluding hydrogens is 167 g/mol. The molecule has 0 bridgehead atoms. The summed E-state index contributed by atoms with van der Waals surface area (Å²) in [5.74, 6) is 0. The van der Waals surface area contributed by atoms with Gasteiger partial charge in [0, 0.05) is 10.1 Å². The Morgan fingerprint density at radius 2 is 1.90 bits per heavy atom. The number of rotatable bonds is 2. The zero-order valence-corrected chi connectivity index (χ0v) is 7.58. The molecule has 0 N–H and O–H groups in total. The van der Waals surface area contributed by atoms with E-state index in [0.29, 0.717) is 10.1 Å². The summed E-state index contributed by atoms with van der Waals surface area (Å²) in [5.41, 5.74) is 0. The van der Waals surface area contributed by atoms with Gasteiger partial charge in [0.25, 0.3) is 0 Å². The molecule has 0 amide bonds. The van der Waals surface area contributed by atoms with Gasteiger partial charge in [-0.15, -0.1) is 0 Å². The molecule has 0 saturated carbocycles. The maximum absolute atomic E-state index is 5.70. The molecule has 56 valence electrons. The van der Waals surface area contributed by atoms with E-state index in [2.05, 4.69) is 0 Å². The lowest BCUT2D eigenvalue weighted by atomic mass is 10.4. The van der Waals surface area contributed by atoms with Gasteiger partial charge in [-0.25, -0.2) is 0 Å². The molecule has 2 heteroatoms. The van der Waals surface area contributed by atoms with Crippen molar-refractivity contribution in [3.8, 4) is 0 Å². The maximum Gasteiger partial charge on any atom is 0.0417 e. The highest BCUT2D eigenvalue weighted by Gasteiger charge is 1.83. The van der Waals surface area contributed by atoms with E-state index in [4.69, 9.17) is 23.2 Å². The first-order valence-electron chi connectivity index (χ1n) is 2.99. The van der Waals surface area contributed by atoms with Crippen LogP contribution in [0.2, 0.25) is 0 Å². The Balaban J connectivity index is 4.08. The van der Waals surface area contributed by atoms with Gasteiger partial charge in [-0.05, 0) is 26.0 Å². The Kier molecular flexibility index (Phi) is 5.46. The van der Waals surface area contributed by atoms with Crippen LogP contribution in [0.3, 0.4) is 0 Å². The first-order valence-corrected chi connectivity index (χ1v) is 3.74. The summed E-state index contributed by atoms with van der Waals surface area (Å²) in [7, 11) is 0. The minimum absolute atomic E-state index is 0.644. The lowest BCUT2D eigenvalue weighted by molar-refractivity contribution is 1.63. The van der Waals surface area contributed by atoms with Crippen molar-refractivity contribution in [3.05, 3.63) is 34.4 Å². The zero-order valence-electron chi connectivity index (χ0n) is 6.07. The monoisotopic (exact) mass is 176 g/mol. The van der Waals surface area contributed by atoms with Gasteiger partial charge in [0.05, 0.1) is 0 Å². The van der Waals surface area contributed by atoms with E-state index in [0.717, 1.165) is 0 Å². The van der Waals surface area contributed by atoms with Crippen LogP contribution in [0, 0.1) is 0 Å². The highest BCUT2D eigenvalue weighted by atomic mass is 35.5. The second-order valence-electron chi connectivity index (χ2n) is 1.81. The van der Waals surface area contributed by atoms with E-state index in [1.165, 1.54) is 0 Å². The molecule has 0 heterocycles. The molecule has 0 aromatic heterocycles. The van der Waals surface area contributed by atoms with E-state index in [-0.39, 0.29) is 0 Å². The van der Waals surface area contributed by atoms with Crippen LogP contribution in [-0.4, -0.2) is 0 Å². The van der Waals surface area contributed by atoms with Gasteiger partial charge in [0.2, 0.25) is 0 Å². The number of hydrogen-bond acceptors (Lipinski definition) is 0. The highest BCUT2D eigenvalue weighted by molar-refractivity contribution is 6.34. The van der Waals surface area contributed by atoms with Gasteiger partial charge in [0.1, 0.15) is 0 Å². The lowest BCUT2D eigenvalue weighted by Crippen LogP contribution is -1.63. The quantitative estimate of drug-likeness (QED) is 0.562. The molecule has 0 atom stereocenters. The topological polar surface area (TPSA) is 0 Å². The van der Waals surface area contributed by atoms with E-state index < -0.39 is 0 Å². The first-order chi connectivity index (χ1) is 4.66. The van der Waals surface area contributed by atoms with E-state index in [1.54, 1.807) is 19.1 Å². The van der Waals surface area contributed by atoms with Gasteiger partial charge in [-0.3, -0.25) is 0 Å². The van der Waals surface area contributed by atoms with Gasteiger partial charge in [0.15, 0.2) is 0 Å². The molecule has 0 aromatic carbocycles. The second kappa shape index (κ2) is 5.57. The second-order valence-corrected chi connectivity index (χ2v) is 2.84. The van der Waals surface area contributed by atoms with Crippen LogP contribution in [0.4, 0.5) is 0 Å². The SMILES string of the molecule is C\C=C/C=C(Cl)\C=C(/C)Cl. The molecular formula is C8H10Cl2. The minimum atomic E-state index is 0.644. The standard InChI is InChI=1S/C8H10Cl2/c1-3-4-5-8(10)6-7(2)9/h3-6H,1-2H3/b4-3-,7-6+,8-5+. The molecule has 0 aromatic rings. The minimum Gasteiger partial charge on any atom is -0.0894 e. The van der Waals surface area contributed by atoms with Gasteiger partial charge >= 0.3 is 0 Å². The summed E-state index contributed by atoms with van der Waals surface area (Å²) in [5, 5.41) is 1.33. The summed E-state index contributed by atoms with van der Waals surface area (Å²) in [6, 6.07) is 0. The molecule has 0 aliphatic carbocycles. The van der Waals surface area contributed by atoms with Crippen LogP contribution in [-0.2, 0) is 0 Å². The van der Waals surface area contributed by atoms with Crippen molar-refractivity contribution in [2.24, 2.45) is 0 Å². The summed E-state index contributed by atoms with van der Waals surface area (Å²) < 4.78 is 0. The average Bonchev–Trinajstić information content (AvgIpc) is 1.82. The predicted octanol–water partition coefficient (Wildman–Crippen LogP) is 3.83. The maximum atomic E-state index is 5.70. The molecule has 10 heavy (non-hydrogen) atoms. The Bertz CT molecular complexity index is 172. The molecule has 0 unspecified atom stereocenters. The zero-order chi connectivity index (χ0) is 7.98. The third-order valence-corrected chi connectivity index (χ3v) is 1.13. The van der Waals surface area contributed by atoms with Crippen molar-refractivity contribution in [1.82, 2.24) is 0 Å². The molecule has 0 fully saturated rings. The molecule has 0 saturated heterocycles. The number of hydrogen-bond donors (Lipinski definition) is 0. The van der Waals surface area contributed by atoms with Crippen molar-refractivity contribution in [1.29, 1.82) is 0 Å². The van der Waals surface area contributed by atoms with Crippen molar-refractivity contribution >= 4 is 23.2 Å². The molecule has 0 rings (SSSR count). The van der Waals surface area contributed by atoms with E-state index in [1.807, 2.05) is 19.1 Å². The molecule has 0 aliphatic rings. The van der Waals surface area contributed by atoms with Crippen molar-refractivity contribution < 1.29 is 0 Å².